The zero-order chi connectivity index (χ0) is 13.0. The molecule has 2 heteroatoms. The molecule has 1 nitrogen and oxygen atoms in total. The topological polar surface area (TPSA) is 12.9 Å². The average molecular weight is 263 g/mol. The Kier molecular flexibility index (Phi) is 2.18. The van der Waals surface area contributed by atoms with Gasteiger partial charge in [-0.3, -0.25) is 4.98 Å². The number of fused-ring (bicyclic) bond motifs is 4. The summed E-state index contributed by atoms with van der Waals surface area (Å²) in [4.78, 5) is 4.42. The highest BCUT2D eigenvalue weighted by Gasteiger charge is 2.11. The molecule has 4 aromatic rings. The summed E-state index contributed by atoms with van der Waals surface area (Å²) in [6.07, 6.45) is 1.91. The van der Waals surface area contributed by atoms with Crippen LogP contribution < -0.4 is 0 Å². The van der Waals surface area contributed by atoms with Crippen molar-refractivity contribution in [2.45, 2.75) is 13.8 Å². The summed E-state index contributed by atoms with van der Waals surface area (Å²) < 4.78 is 2.76. The quantitative estimate of drug-likeness (QED) is 0.424. The summed E-state index contributed by atoms with van der Waals surface area (Å²) in [7, 11) is 0. The maximum absolute atomic E-state index is 4.42. The largest absolute Gasteiger partial charge is 0.261 e. The third-order valence-electron chi connectivity index (χ3n) is 3.86. The van der Waals surface area contributed by atoms with Gasteiger partial charge in [0.05, 0.1) is 0 Å². The number of nitrogens with zero attached hydrogens (tertiary/aromatic N) is 1. The van der Waals surface area contributed by atoms with Crippen LogP contribution in [-0.4, -0.2) is 4.98 Å². The maximum Gasteiger partial charge on any atom is 0.0451 e. The Morgan fingerprint density at radius 2 is 1.74 bits per heavy atom. The lowest BCUT2D eigenvalue weighted by atomic mass is 10.0. The standard InChI is InChI=1S/C17H13NS/c1-10-12-7-8-18-11(2)14(12)9-15-13-5-3-4-6-16(13)19-17(10)15/h3-9H,1-2H3. The third-order valence-corrected chi connectivity index (χ3v) is 5.16. The Labute approximate surface area is 115 Å². The van der Waals surface area contributed by atoms with Gasteiger partial charge in [0, 0.05) is 37.4 Å². The predicted molar refractivity (Wildman–Crippen MR) is 84.1 cm³/mol. The summed E-state index contributed by atoms with van der Waals surface area (Å²) >= 11 is 1.89. The van der Waals surface area contributed by atoms with Crippen molar-refractivity contribution >= 4 is 42.3 Å². The van der Waals surface area contributed by atoms with Crippen molar-refractivity contribution in [3.63, 3.8) is 0 Å². The zero-order valence-corrected chi connectivity index (χ0v) is 11.7. The molecule has 0 aliphatic rings. The summed E-state index contributed by atoms with van der Waals surface area (Å²) in [6, 6.07) is 13.1. The predicted octanol–water partition coefficient (Wildman–Crippen LogP) is 5.22. The van der Waals surface area contributed by atoms with Crippen LogP contribution in [0, 0.1) is 13.8 Å². The van der Waals surface area contributed by atoms with E-state index in [2.05, 4.69) is 55.2 Å². The summed E-state index contributed by atoms with van der Waals surface area (Å²) in [6.45, 7) is 4.31. The second-order valence-corrected chi connectivity index (χ2v) is 6.02. The molecule has 92 valence electrons. The molecule has 0 atom stereocenters. The number of pyridine rings is 1. The van der Waals surface area contributed by atoms with Crippen LogP contribution >= 0.6 is 11.3 Å². The van der Waals surface area contributed by atoms with E-state index in [4.69, 9.17) is 0 Å². The molecule has 0 aliphatic carbocycles. The minimum Gasteiger partial charge on any atom is -0.261 e. The van der Waals surface area contributed by atoms with Gasteiger partial charge in [0.2, 0.25) is 0 Å². The molecule has 2 aromatic carbocycles. The van der Waals surface area contributed by atoms with Crippen molar-refractivity contribution in [3.05, 3.63) is 53.9 Å². The number of hydrogen-bond donors (Lipinski definition) is 0. The van der Waals surface area contributed by atoms with Crippen LogP contribution in [0.25, 0.3) is 30.9 Å². The van der Waals surface area contributed by atoms with Crippen molar-refractivity contribution in [2.24, 2.45) is 0 Å². The van der Waals surface area contributed by atoms with Gasteiger partial charge in [-0.15, -0.1) is 11.3 Å². The van der Waals surface area contributed by atoms with Gasteiger partial charge in [0.1, 0.15) is 0 Å². The Morgan fingerprint density at radius 1 is 0.895 bits per heavy atom. The lowest BCUT2D eigenvalue weighted by Gasteiger charge is -2.06. The van der Waals surface area contributed by atoms with E-state index < -0.39 is 0 Å². The maximum atomic E-state index is 4.42. The molecule has 4 rings (SSSR count). The first kappa shape index (κ1) is 10.9. The molecule has 2 aromatic heterocycles. The molecule has 0 saturated heterocycles. The zero-order valence-electron chi connectivity index (χ0n) is 10.9. The van der Waals surface area contributed by atoms with Gasteiger partial charge in [-0.05, 0) is 43.0 Å². The lowest BCUT2D eigenvalue weighted by Crippen LogP contribution is -1.86. The fourth-order valence-electron chi connectivity index (χ4n) is 2.84. The number of aryl methyl sites for hydroxylation is 2. The van der Waals surface area contributed by atoms with Crippen LogP contribution in [0.1, 0.15) is 11.3 Å². The SMILES string of the molecule is Cc1nccc2c(C)c3sc4ccccc4c3cc12. The average Bonchev–Trinajstić information content (AvgIpc) is 2.80. The van der Waals surface area contributed by atoms with E-state index in [1.165, 1.54) is 36.5 Å². The molecule has 19 heavy (non-hydrogen) atoms. The molecule has 0 bridgehead atoms. The van der Waals surface area contributed by atoms with Gasteiger partial charge in [-0.25, -0.2) is 0 Å². The molecular formula is C17H13NS. The molecular weight excluding hydrogens is 250 g/mol. The Morgan fingerprint density at radius 3 is 2.63 bits per heavy atom. The highest BCUT2D eigenvalue weighted by molar-refractivity contribution is 7.26. The molecule has 0 N–H and O–H groups in total. The van der Waals surface area contributed by atoms with Crippen molar-refractivity contribution in [1.29, 1.82) is 0 Å². The molecule has 0 amide bonds. The van der Waals surface area contributed by atoms with E-state index in [1.54, 1.807) is 0 Å². The van der Waals surface area contributed by atoms with E-state index in [9.17, 15) is 0 Å². The van der Waals surface area contributed by atoms with Gasteiger partial charge >= 0.3 is 0 Å². The number of benzene rings is 2. The molecule has 0 spiro atoms. The number of thiophene rings is 1. The van der Waals surface area contributed by atoms with Gasteiger partial charge < -0.3 is 0 Å². The van der Waals surface area contributed by atoms with Crippen molar-refractivity contribution in [2.75, 3.05) is 0 Å². The number of aromatic nitrogens is 1. The van der Waals surface area contributed by atoms with Crippen molar-refractivity contribution in [1.82, 2.24) is 4.98 Å². The van der Waals surface area contributed by atoms with Crippen LogP contribution in [0.4, 0.5) is 0 Å². The Balaban J connectivity index is 2.34. The molecule has 0 saturated carbocycles. The molecule has 0 fully saturated rings. The molecule has 0 radical (unpaired) electrons. The summed E-state index contributed by atoms with van der Waals surface area (Å²) in [5.74, 6) is 0. The van der Waals surface area contributed by atoms with Crippen molar-refractivity contribution < 1.29 is 0 Å². The minimum absolute atomic E-state index is 1.11. The summed E-state index contributed by atoms with van der Waals surface area (Å²) in [5, 5.41) is 5.32. The normalized spacial score (nSPS) is 11.7. The minimum atomic E-state index is 1.11. The van der Waals surface area contributed by atoms with Crippen LogP contribution in [-0.2, 0) is 0 Å². The number of rotatable bonds is 0. The van der Waals surface area contributed by atoms with E-state index in [0.717, 1.165) is 5.69 Å². The number of hydrogen-bond acceptors (Lipinski definition) is 2. The fraction of sp³-hybridized carbons (Fsp3) is 0.118. The first-order valence-electron chi connectivity index (χ1n) is 6.42. The monoisotopic (exact) mass is 263 g/mol. The molecule has 2 heterocycles. The van der Waals surface area contributed by atoms with Gasteiger partial charge in [0.25, 0.3) is 0 Å². The molecule has 0 unspecified atom stereocenters. The Hall–Kier alpha value is -1.93. The van der Waals surface area contributed by atoms with Crippen molar-refractivity contribution in [3.8, 4) is 0 Å². The Bertz CT molecular complexity index is 934. The van der Waals surface area contributed by atoms with E-state index in [1.807, 2.05) is 17.5 Å². The third kappa shape index (κ3) is 1.44. The van der Waals surface area contributed by atoms with E-state index in [0.29, 0.717) is 0 Å². The fourth-order valence-corrected chi connectivity index (χ4v) is 4.04. The van der Waals surface area contributed by atoms with Gasteiger partial charge in [-0.2, -0.15) is 0 Å². The first-order chi connectivity index (χ1) is 9.25. The van der Waals surface area contributed by atoms with Crippen LogP contribution in [0.15, 0.2) is 42.6 Å². The smallest absolute Gasteiger partial charge is 0.0451 e. The van der Waals surface area contributed by atoms with Gasteiger partial charge in [-0.1, -0.05) is 18.2 Å². The first-order valence-corrected chi connectivity index (χ1v) is 7.23. The second kappa shape index (κ2) is 3.78. The highest BCUT2D eigenvalue weighted by atomic mass is 32.1. The van der Waals surface area contributed by atoms with Gasteiger partial charge in [0.15, 0.2) is 0 Å². The lowest BCUT2D eigenvalue weighted by molar-refractivity contribution is 1.24. The van der Waals surface area contributed by atoms with Crippen LogP contribution in [0.3, 0.4) is 0 Å². The van der Waals surface area contributed by atoms with Crippen LogP contribution in [0.2, 0.25) is 0 Å². The second-order valence-electron chi connectivity index (χ2n) is 4.97. The van der Waals surface area contributed by atoms with E-state index >= 15 is 0 Å². The molecule has 0 aliphatic heterocycles. The highest BCUT2D eigenvalue weighted by Crippen LogP contribution is 2.39. The summed E-state index contributed by atoms with van der Waals surface area (Å²) in [5.41, 5.74) is 2.48. The van der Waals surface area contributed by atoms with E-state index in [-0.39, 0.29) is 0 Å². The van der Waals surface area contributed by atoms with Crippen LogP contribution in [0.5, 0.6) is 0 Å².